The highest BCUT2D eigenvalue weighted by molar-refractivity contribution is 5.96. The number of aliphatic hydroxyl groups is 1. The second-order valence-electron chi connectivity index (χ2n) is 5.58. The minimum atomic E-state index is 0.0128. The molecular formula is C14H22N2O3. The first kappa shape index (κ1) is 14.1. The number of carbonyl (C=O) groups is 1. The molecule has 1 fully saturated rings. The average Bonchev–Trinajstić information content (AvgIpc) is 2.80. The van der Waals surface area contributed by atoms with E-state index >= 15 is 0 Å². The predicted octanol–water partition coefficient (Wildman–Crippen LogP) is 1.95. The molecule has 1 aliphatic heterocycles. The van der Waals surface area contributed by atoms with Gasteiger partial charge in [0.2, 0.25) is 0 Å². The molecule has 2 rings (SSSR count). The Kier molecular flexibility index (Phi) is 4.24. The van der Waals surface area contributed by atoms with E-state index in [0.717, 1.165) is 12.8 Å². The van der Waals surface area contributed by atoms with Crippen molar-refractivity contribution < 1.29 is 14.4 Å². The highest BCUT2D eigenvalue weighted by Gasteiger charge is 2.29. The van der Waals surface area contributed by atoms with E-state index in [1.807, 2.05) is 25.7 Å². The lowest BCUT2D eigenvalue weighted by Gasteiger charge is -2.31. The van der Waals surface area contributed by atoms with Crippen molar-refractivity contribution in [3.63, 3.8) is 0 Å². The molecule has 106 valence electrons. The number of nitrogens with zero attached hydrogens (tertiary/aromatic N) is 2. The first-order valence-corrected chi connectivity index (χ1v) is 6.90. The molecule has 0 unspecified atom stereocenters. The first-order valence-electron chi connectivity index (χ1n) is 6.90. The van der Waals surface area contributed by atoms with Gasteiger partial charge in [0.15, 0.2) is 5.76 Å². The van der Waals surface area contributed by atoms with Crippen LogP contribution in [0.2, 0.25) is 0 Å². The standard InChI is InChI=1S/C14H22N2O3/c1-9(2)13-12(10(3)15-19-13)14(18)16-6-4-11(8-17)5-7-16/h9,11,17H,4-8H2,1-3H3. The molecule has 0 spiro atoms. The van der Waals surface area contributed by atoms with Gasteiger partial charge in [0.25, 0.3) is 5.91 Å². The summed E-state index contributed by atoms with van der Waals surface area (Å²) in [5, 5.41) is 13.1. The van der Waals surface area contributed by atoms with Crippen LogP contribution in [0, 0.1) is 12.8 Å². The summed E-state index contributed by atoms with van der Waals surface area (Å²) < 4.78 is 5.27. The van der Waals surface area contributed by atoms with E-state index in [9.17, 15) is 4.79 Å². The highest BCUT2D eigenvalue weighted by Crippen LogP contribution is 2.25. The minimum absolute atomic E-state index is 0.0128. The fourth-order valence-electron chi connectivity index (χ4n) is 2.52. The Balaban J connectivity index is 2.14. The molecule has 1 amide bonds. The van der Waals surface area contributed by atoms with E-state index in [1.165, 1.54) is 0 Å². The van der Waals surface area contributed by atoms with Gasteiger partial charge < -0.3 is 14.5 Å². The number of aliphatic hydroxyl groups excluding tert-OH is 1. The summed E-state index contributed by atoms with van der Waals surface area (Å²) in [7, 11) is 0. The Morgan fingerprint density at radius 3 is 2.63 bits per heavy atom. The third-order valence-electron chi connectivity index (χ3n) is 3.79. The average molecular weight is 266 g/mol. The van der Waals surface area contributed by atoms with Crippen molar-refractivity contribution in [2.75, 3.05) is 19.7 Å². The molecule has 0 aromatic carbocycles. The zero-order valence-corrected chi connectivity index (χ0v) is 11.8. The SMILES string of the molecule is Cc1noc(C(C)C)c1C(=O)N1CCC(CO)CC1. The summed E-state index contributed by atoms with van der Waals surface area (Å²) >= 11 is 0. The molecule has 19 heavy (non-hydrogen) atoms. The number of aryl methyl sites for hydroxylation is 1. The van der Waals surface area contributed by atoms with Crippen LogP contribution in [0.3, 0.4) is 0 Å². The summed E-state index contributed by atoms with van der Waals surface area (Å²) in [6.45, 7) is 7.41. The largest absolute Gasteiger partial charge is 0.396 e. The summed E-state index contributed by atoms with van der Waals surface area (Å²) in [4.78, 5) is 14.4. The number of rotatable bonds is 3. The monoisotopic (exact) mass is 266 g/mol. The van der Waals surface area contributed by atoms with Crippen molar-refractivity contribution in [1.29, 1.82) is 0 Å². The Hall–Kier alpha value is -1.36. The van der Waals surface area contributed by atoms with Crippen LogP contribution in [0.25, 0.3) is 0 Å². The number of piperidine rings is 1. The van der Waals surface area contributed by atoms with Crippen LogP contribution < -0.4 is 0 Å². The van der Waals surface area contributed by atoms with Gasteiger partial charge in [-0.1, -0.05) is 19.0 Å². The molecule has 5 heteroatoms. The molecule has 2 heterocycles. The molecule has 0 bridgehead atoms. The molecule has 1 aromatic rings. The van der Waals surface area contributed by atoms with Crippen molar-refractivity contribution in [2.24, 2.45) is 5.92 Å². The van der Waals surface area contributed by atoms with Gasteiger partial charge in [0, 0.05) is 25.6 Å². The van der Waals surface area contributed by atoms with E-state index in [4.69, 9.17) is 9.63 Å². The predicted molar refractivity (Wildman–Crippen MR) is 71.0 cm³/mol. The van der Waals surface area contributed by atoms with Crippen LogP contribution >= 0.6 is 0 Å². The van der Waals surface area contributed by atoms with Crippen molar-refractivity contribution >= 4 is 5.91 Å². The Morgan fingerprint density at radius 1 is 1.47 bits per heavy atom. The zero-order valence-electron chi connectivity index (χ0n) is 11.8. The molecule has 1 saturated heterocycles. The maximum absolute atomic E-state index is 12.6. The Labute approximate surface area is 113 Å². The minimum Gasteiger partial charge on any atom is -0.396 e. The van der Waals surface area contributed by atoms with E-state index in [-0.39, 0.29) is 18.4 Å². The normalized spacial score (nSPS) is 17.2. The van der Waals surface area contributed by atoms with Crippen LogP contribution in [0.4, 0.5) is 0 Å². The van der Waals surface area contributed by atoms with Gasteiger partial charge >= 0.3 is 0 Å². The van der Waals surface area contributed by atoms with E-state index in [2.05, 4.69) is 5.16 Å². The van der Waals surface area contributed by atoms with Crippen molar-refractivity contribution in [1.82, 2.24) is 10.1 Å². The lowest BCUT2D eigenvalue weighted by Crippen LogP contribution is -2.39. The van der Waals surface area contributed by atoms with Gasteiger partial charge in [-0.05, 0) is 25.7 Å². The zero-order chi connectivity index (χ0) is 14.0. The third kappa shape index (κ3) is 2.81. The molecule has 0 radical (unpaired) electrons. The van der Waals surface area contributed by atoms with Gasteiger partial charge in [0.1, 0.15) is 5.56 Å². The molecule has 1 aliphatic rings. The number of aromatic nitrogens is 1. The van der Waals surface area contributed by atoms with Crippen molar-refractivity contribution in [3.8, 4) is 0 Å². The molecule has 5 nitrogen and oxygen atoms in total. The van der Waals surface area contributed by atoms with Gasteiger partial charge in [0.05, 0.1) is 5.69 Å². The van der Waals surface area contributed by atoms with Gasteiger partial charge in [-0.15, -0.1) is 0 Å². The summed E-state index contributed by atoms with van der Waals surface area (Å²) in [6.07, 6.45) is 1.73. The summed E-state index contributed by atoms with van der Waals surface area (Å²) in [5.74, 6) is 1.16. The second-order valence-corrected chi connectivity index (χ2v) is 5.58. The number of likely N-dealkylation sites (tertiary alicyclic amines) is 1. The maximum Gasteiger partial charge on any atom is 0.259 e. The van der Waals surface area contributed by atoms with Crippen molar-refractivity contribution in [2.45, 2.75) is 39.5 Å². The third-order valence-corrected chi connectivity index (χ3v) is 3.79. The van der Waals surface area contributed by atoms with E-state index in [0.29, 0.717) is 36.0 Å². The van der Waals surface area contributed by atoms with Gasteiger partial charge in [-0.2, -0.15) is 0 Å². The highest BCUT2D eigenvalue weighted by atomic mass is 16.5. The molecule has 0 atom stereocenters. The van der Waals surface area contributed by atoms with Crippen molar-refractivity contribution in [3.05, 3.63) is 17.0 Å². The molecule has 1 N–H and O–H groups in total. The van der Waals surface area contributed by atoms with Crippen LogP contribution in [0.1, 0.15) is 54.4 Å². The number of hydrogen-bond acceptors (Lipinski definition) is 4. The second kappa shape index (κ2) is 5.74. The van der Waals surface area contributed by atoms with Crippen LogP contribution in [0.15, 0.2) is 4.52 Å². The summed E-state index contributed by atoms with van der Waals surface area (Å²) in [6, 6.07) is 0. The van der Waals surface area contributed by atoms with Crippen LogP contribution in [-0.4, -0.2) is 40.8 Å². The van der Waals surface area contributed by atoms with E-state index < -0.39 is 0 Å². The smallest absolute Gasteiger partial charge is 0.259 e. The Morgan fingerprint density at radius 2 is 2.11 bits per heavy atom. The topological polar surface area (TPSA) is 66.6 Å². The fourth-order valence-corrected chi connectivity index (χ4v) is 2.52. The first-order chi connectivity index (χ1) is 9.04. The molecule has 0 aliphatic carbocycles. The summed E-state index contributed by atoms with van der Waals surface area (Å²) in [5.41, 5.74) is 1.29. The van der Waals surface area contributed by atoms with Crippen LogP contribution in [-0.2, 0) is 0 Å². The molecule has 0 saturated carbocycles. The number of amides is 1. The Bertz CT molecular complexity index is 446. The lowest BCUT2D eigenvalue weighted by atomic mass is 9.96. The number of carbonyl (C=O) groups excluding carboxylic acids is 1. The van der Waals surface area contributed by atoms with Gasteiger partial charge in [-0.25, -0.2) is 0 Å². The maximum atomic E-state index is 12.6. The fraction of sp³-hybridized carbons (Fsp3) is 0.714. The molecule has 1 aromatic heterocycles. The van der Waals surface area contributed by atoms with Crippen LogP contribution in [0.5, 0.6) is 0 Å². The molecular weight excluding hydrogens is 244 g/mol. The lowest BCUT2D eigenvalue weighted by molar-refractivity contribution is 0.0647. The van der Waals surface area contributed by atoms with Gasteiger partial charge in [-0.3, -0.25) is 4.79 Å². The quantitative estimate of drug-likeness (QED) is 0.908. The number of hydrogen-bond donors (Lipinski definition) is 1. The van der Waals surface area contributed by atoms with E-state index in [1.54, 1.807) is 0 Å².